The van der Waals surface area contributed by atoms with E-state index in [0.29, 0.717) is 34.3 Å². The van der Waals surface area contributed by atoms with Gasteiger partial charge in [-0.3, -0.25) is 4.79 Å². The maximum atomic E-state index is 12.2. The average Bonchev–Trinajstić information content (AvgIpc) is 3.22. The lowest BCUT2D eigenvalue weighted by Crippen LogP contribution is -2.14. The number of carbonyl (C=O) groups is 1. The van der Waals surface area contributed by atoms with Crippen LogP contribution in [-0.2, 0) is 10.5 Å². The Morgan fingerprint density at radius 3 is 2.69 bits per heavy atom. The first-order valence-corrected chi connectivity index (χ1v) is 10.2. The number of amides is 1. The lowest BCUT2D eigenvalue weighted by atomic mass is 10.1. The number of aromatic nitrogens is 3. The molecule has 1 amide bonds. The fourth-order valence-corrected chi connectivity index (χ4v) is 4.04. The van der Waals surface area contributed by atoms with E-state index in [4.69, 9.17) is 4.52 Å². The van der Waals surface area contributed by atoms with Gasteiger partial charge >= 0.3 is 0 Å². The molecule has 0 aliphatic rings. The topological polar surface area (TPSA) is 80.9 Å². The summed E-state index contributed by atoms with van der Waals surface area (Å²) in [5.74, 6) is 2.23. The summed E-state index contributed by atoms with van der Waals surface area (Å²) >= 11 is 2.97. The van der Waals surface area contributed by atoms with Gasteiger partial charge in [0, 0.05) is 17.4 Å². The van der Waals surface area contributed by atoms with E-state index in [2.05, 4.69) is 34.3 Å². The number of anilines is 1. The summed E-state index contributed by atoms with van der Waals surface area (Å²) in [5, 5.41) is 7.35. The summed E-state index contributed by atoms with van der Waals surface area (Å²) in [4.78, 5) is 22.1. The van der Waals surface area contributed by atoms with Crippen LogP contribution < -0.4 is 5.32 Å². The molecule has 0 spiro atoms. The van der Waals surface area contributed by atoms with Crippen molar-refractivity contribution in [2.75, 3.05) is 11.1 Å². The van der Waals surface area contributed by atoms with Crippen molar-refractivity contribution in [3.8, 4) is 11.3 Å². The van der Waals surface area contributed by atoms with Crippen LogP contribution in [0.25, 0.3) is 11.3 Å². The van der Waals surface area contributed by atoms with Gasteiger partial charge in [-0.25, -0.2) is 4.98 Å². The highest BCUT2D eigenvalue weighted by molar-refractivity contribution is 7.99. The molecule has 2 heterocycles. The predicted molar refractivity (Wildman–Crippen MR) is 105 cm³/mol. The van der Waals surface area contributed by atoms with E-state index in [-0.39, 0.29) is 5.91 Å². The van der Waals surface area contributed by atoms with Gasteiger partial charge in [0.05, 0.1) is 17.2 Å². The van der Waals surface area contributed by atoms with Gasteiger partial charge in [0.2, 0.25) is 11.8 Å². The van der Waals surface area contributed by atoms with Crippen LogP contribution in [-0.4, -0.2) is 26.8 Å². The Hall–Kier alpha value is -2.19. The van der Waals surface area contributed by atoms with E-state index in [1.807, 2.05) is 30.3 Å². The van der Waals surface area contributed by atoms with E-state index in [0.717, 1.165) is 11.3 Å². The number of thioether (sulfide) groups is 1. The Kier molecular flexibility index (Phi) is 6.05. The molecule has 0 atom stereocenters. The molecular weight excluding hydrogens is 368 g/mol. The lowest BCUT2D eigenvalue weighted by Gasteiger charge is -2.04. The molecule has 6 nitrogen and oxygen atoms in total. The van der Waals surface area contributed by atoms with E-state index < -0.39 is 0 Å². The molecule has 3 rings (SSSR count). The zero-order valence-electron chi connectivity index (χ0n) is 14.9. The van der Waals surface area contributed by atoms with Gasteiger partial charge in [-0.05, 0) is 5.92 Å². The molecule has 26 heavy (non-hydrogen) atoms. The molecule has 1 aromatic carbocycles. The lowest BCUT2D eigenvalue weighted by molar-refractivity contribution is -0.113. The number of nitrogens with one attached hydrogen (secondary N) is 1. The quantitative estimate of drug-likeness (QED) is 0.642. The number of hydrogen-bond donors (Lipinski definition) is 1. The van der Waals surface area contributed by atoms with E-state index in [1.165, 1.54) is 28.0 Å². The monoisotopic (exact) mass is 388 g/mol. The summed E-state index contributed by atoms with van der Waals surface area (Å²) in [6.07, 6.45) is 0. The fraction of sp³-hybridized carbons (Fsp3) is 0.333. The van der Waals surface area contributed by atoms with Gasteiger partial charge in [0.15, 0.2) is 11.0 Å². The number of carbonyl (C=O) groups excluding carboxylic acids is 1. The highest BCUT2D eigenvalue weighted by Gasteiger charge is 2.17. The zero-order valence-corrected chi connectivity index (χ0v) is 16.5. The van der Waals surface area contributed by atoms with Crippen molar-refractivity contribution in [2.24, 2.45) is 0 Å². The number of nitrogens with zero attached hydrogens (tertiary/aromatic N) is 3. The van der Waals surface area contributed by atoms with Crippen molar-refractivity contribution < 1.29 is 9.32 Å². The van der Waals surface area contributed by atoms with E-state index in [1.54, 1.807) is 6.92 Å². The largest absolute Gasteiger partial charge is 0.340 e. The van der Waals surface area contributed by atoms with Crippen molar-refractivity contribution in [3.63, 3.8) is 0 Å². The molecule has 0 fully saturated rings. The Bertz CT molecular complexity index is 874. The normalized spacial score (nSPS) is 11.1. The zero-order chi connectivity index (χ0) is 18.5. The number of rotatable bonds is 7. The van der Waals surface area contributed by atoms with Crippen LogP contribution in [0.2, 0.25) is 0 Å². The SMILES string of the molecule is Cc1nc(CSCC(=O)Nc2nc(-c3ccccc3)c(C(C)C)s2)no1. The van der Waals surface area contributed by atoms with Crippen molar-refractivity contribution in [1.82, 2.24) is 15.1 Å². The van der Waals surface area contributed by atoms with Crippen LogP contribution in [0.1, 0.15) is 36.4 Å². The molecule has 0 aliphatic carbocycles. The van der Waals surface area contributed by atoms with Gasteiger partial charge in [0.25, 0.3) is 0 Å². The molecule has 0 unspecified atom stereocenters. The average molecular weight is 389 g/mol. The summed E-state index contributed by atoms with van der Waals surface area (Å²) in [5.41, 5.74) is 2.01. The fourth-order valence-electron chi connectivity index (χ4n) is 2.37. The smallest absolute Gasteiger partial charge is 0.236 e. The molecule has 8 heteroatoms. The maximum Gasteiger partial charge on any atom is 0.236 e. The molecule has 1 N–H and O–H groups in total. The third-order valence-corrected chi connectivity index (χ3v) is 5.71. The predicted octanol–water partition coefficient (Wildman–Crippen LogP) is 4.50. The molecule has 0 saturated heterocycles. The van der Waals surface area contributed by atoms with Gasteiger partial charge in [-0.15, -0.1) is 23.1 Å². The highest BCUT2D eigenvalue weighted by atomic mass is 32.2. The second-order valence-corrected chi connectivity index (χ2v) is 8.04. The maximum absolute atomic E-state index is 12.2. The Labute approximate surface area is 160 Å². The second-order valence-electron chi connectivity index (χ2n) is 6.02. The van der Waals surface area contributed by atoms with Gasteiger partial charge in [-0.2, -0.15) is 4.98 Å². The van der Waals surface area contributed by atoms with Gasteiger partial charge in [0.1, 0.15) is 0 Å². The molecule has 0 radical (unpaired) electrons. The minimum atomic E-state index is -0.0844. The van der Waals surface area contributed by atoms with Crippen molar-refractivity contribution in [1.29, 1.82) is 0 Å². The first-order chi connectivity index (χ1) is 12.5. The minimum Gasteiger partial charge on any atom is -0.340 e. The number of thiazole rings is 1. The van der Waals surface area contributed by atoms with Crippen LogP contribution in [0, 0.1) is 6.92 Å². The van der Waals surface area contributed by atoms with Crippen molar-refractivity contribution in [3.05, 3.63) is 46.9 Å². The summed E-state index contributed by atoms with van der Waals surface area (Å²) in [6, 6.07) is 10.0. The summed E-state index contributed by atoms with van der Waals surface area (Å²) in [6.45, 7) is 6.01. The number of benzene rings is 1. The van der Waals surface area contributed by atoms with Crippen LogP contribution in [0.4, 0.5) is 5.13 Å². The minimum absolute atomic E-state index is 0.0844. The van der Waals surface area contributed by atoms with Crippen LogP contribution in [0.3, 0.4) is 0 Å². The molecule has 136 valence electrons. The summed E-state index contributed by atoms with van der Waals surface area (Å²) in [7, 11) is 0. The Morgan fingerprint density at radius 2 is 2.04 bits per heavy atom. The molecular formula is C18H20N4O2S2. The van der Waals surface area contributed by atoms with Gasteiger partial charge < -0.3 is 9.84 Å². The molecule has 3 aromatic rings. The van der Waals surface area contributed by atoms with Crippen molar-refractivity contribution >= 4 is 34.1 Å². The first kappa shape index (κ1) is 18.6. The molecule has 0 aliphatic heterocycles. The van der Waals surface area contributed by atoms with Crippen molar-refractivity contribution in [2.45, 2.75) is 32.4 Å². The van der Waals surface area contributed by atoms with Crippen LogP contribution in [0.5, 0.6) is 0 Å². The van der Waals surface area contributed by atoms with Crippen LogP contribution in [0.15, 0.2) is 34.9 Å². The standard InChI is InChI=1S/C18H20N4O2S2/c1-11(2)17-16(13-7-5-4-6-8-13)21-18(26-17)20-15(23)10-25-9-14-19-12(3)24-22-14/h4-8,11H,9-10H2,1-3H3,(H,20,21,23). The molecule has 0 bridgehead atoms. The van der Waals surface area contributed by atoms with Crippen LogP contribution >= 0.6 is 23.1 Å². The highest BCUT2D eigenvalue weighted by Crippen LogP contribution is 2.36. The van der Waals surface area contributed by atoms with E-state index >= 15 is 0 Å². The Morgan fingerprint density at radius 1 is 1.27 bits per heavy atom. The number of hydrogen-bond acceptors (Lipinski definition) is 7. The molecule has 2 aromatic heterocycles. The second kappa shape index (κ2) is 8.46. The third-order valence-electron chi connectivity index (χ3n) is 3.51. The first-order valence-electron chi connectivity index (χ1n) is 8.26. The summed E-state index contributed by atoms with van der Waals surface area (Å²) < 4.78 is 4.91. The Balaban J connectivity index is 1.63. The molecule has 0 saturated carbocycles. The van der Waals surface area contributed by atoms with Gasteiger partial charge in [-0.1, -0.05) is 49.3 Å². The third kappa shape index (κ3) is 4.70. The number of aryl methyl sites for hydroxylation is 1. The van der Waals surface area contributed by atoms with E-state index in [9.17, 15) is 4.79 Å².